The van der Waals surface area contributed by atoms with Gasteiger partial charge in [0.2, 0.25) is 5.91 Å². The number of carboxylic acid groups (broad SMARTS) is 1. The van der Waals surface area contributed by atoms with Gasteiger partial charge in [-0.2, -0.15) is 0 Å². The molecule has 1 aliphatic heterocycles. The zero-order valence-electron chi connectivity index (χ0n) is 11.8. The maximum absolute atomic E-state index is 12.3. The molecule has 0 aromatic carbocycles. The van der Waals surface area contributed by atoms with E-state index in [1.807, 2.05) is 20.8 Å². The Balaban J connectivity index is 2.76. The van der Waals surface area contributed by atoms with Crippen molar-refractivity contribution in [1.29, 1.82) is 0 Å². The lowest BCUT2D eigenvalue weighted by atomic mass is 9.99. The number of hydrogen-bond acceptors (Lipinski definition) is 4. The molecule has 6 heteroatoms. The smallest absolute Gasteiger partial charge is 0.311 e. The Morgan fingerprint density at radius 1 is 1.42 bits per heavy atom. The SMILES string of the molecule is CCN(C(=O)[C@@H](N)CC(C)C)C1COCC1C(=O)O. The molecule has 1 amide bonds. The molecule has 110 valence electrons. The normalized spacial score (nSPS) is 24.5. The highest BCUT2D eigenvalue weighted by Gasteiger charge is 2.40. The van der Waals surface area contributed by atoms with Crippen LogP contribution in [0.2, 0.25) is 0 Å². The molecule has 0 aromatic rings. The number of aliphatic carboxylic acids is 1. The molecule has 0 bridgehead atoms. The van der Waals surface area contributed by atoms with Crippen molar-refractivity contribution < 1.29 is 19.4 Å². The summed E-state index contributed by atoms with van der Waals surface area (Å²) in [4.78, 5) is 25.0. The predicted molar refractivity (Wildman–Crippen MR) is 70.6 cm³/mol. The second kappa shape index (κ2) is 6.86. The summed E-state index contributed by atoms with van der Waals surface area (Å²) in [5, 5.41) is 9.14. The Labute approximate surface area is 113 Å². The predicted octanol–water partition coefficient (Wildman–Crippen LogP) is 0.308. The molecule has 0 aliphatic carbocycles. The zero-order valence-corrected chi connectivity index (χ0v) is 11.8. The first kappa shape index (κ1) is 15.9. The third kappa shape index (κ3) is 3.91. The van der Waals surface area contributed by atoms with Crippen molar-refractivity contribution in [3.05, 3.63) is 0 Å². The van der Waals surface area contributed by atoms with Crippen LogP contribution >= 0.6 is 0 Å². The van der Waals surface area contributed by atoms with Crippen molar-refractivity contribution in [3.63, 3.8) is 0 Å². The molecule has 3 atom stereocenters. The summed E-state index contributed by atoms with van der Waals surface area (Å²) < 4.78 is 5.21. The van der Waals surface area contributed by atoms with E-state index in [1.54, 1.807) is 4.90 Å². The van der Waals surface area contributed by atoms with Crippen LogP contribution in [-0.4, -0.2) is 53.7 Å². The average Bonchev–Trinajstić information content (AvgIpc) is 2.78. The molecule has 6 nitrogen and oxygen atoms in total. The maximum Gasteiger partial charge on any atom is 0.311 e. The molecule has 3 N–H and O–H groups in total. The van der Waals surface area contributed by atoms with E-state index in [0.29, 0.717) is 18.9 Å². The highest BCUT2D eigenvalue weighted by atomic mass is 16.5. The van der Waals surface area contributed by atoms with Crippen LogP contribution in [-0.2, 0) is 14.3 Å². The number of nitrogens with two attached hydrogens (primary N) is 1. The van der Waals surface area contributed by atoms with Gasteiger partial charge >= 0.3 is 5.97 Å². The minimum atomic E-state index is -0.925. The van der Waals surface area contributed by atoms with Gasteiger partial charge in [0, 0.05) is 6.54 Å². The molecular weight excluding hydrogens is 248 g/mol. The van der Waals surface area contributed by atoms with Gasteiger partial charge in [-0.15, -0.1) is 0 Å². The fraction of sp³-hybridized carbons (Fsp3) is 0.846. The summed E-state index contributed by atoms with van der Waals surface area (Å²) in [5.74, 6) is -1.44. The molecule has 1 saturated heterocycles. The molecule has 19 heavy (non-hydrogen) atoms. The molecule has 1 rings (SSSR count). The van der Waals surface area contributed by atoms with E-state index in [2.05, 4.69) is 0 Å². The number of rotatable bonds is 6. The van der Waals surface area contributed by atoms with Gasteiger partial charge < -0.3 is 20.5 Å². The molecule has 1 aliphatic rings. The van der Waals surface area contributed by atoms with Crippen LogP contribution in [0.25, 0.3) is 0 Å². The van der Waals surface area contributed by atoms with Crippen LogP contribution in [0.15, 0.2) is 0 Å². The van der Waals surface area contributed by atoms with Gasteiger partial charge in [-0.1, -0.05) is 13.8 Å². The van der Waals surface area contributed by atoms with Crippen LogP contribution in [0.3, 0.4) is 0 Å². The third-order valence-electron chi connectivity index (χ3n) is 3.43. The fourth-order valence-electron chi connectivity index (χ4n) is 2.46. The number of ether oxygens (including phenoxy) is 1. The topological polar surface area (TPSA) is 92.9 Å². The highest BCUT2D eigenvalue weighted by molar-refractivity contribution is 5.83. The van der Waals surface area contributed by atoms with Crippen LogP contribution in [0.5, 0.6) is 0 Å². The Kier molecular flexibility index (Phi) is 5.75. The molecule has 0 saturated carbocycles. The largest absolute Gasteiger partial charge is 0.481 e. The summed E-state index contributed by atoms with van der Waals surface area (Å²) in [6, 6.07) is -0.983. The van der Waals surface area contributed by atoms with Gasteiger partial charge in [0.15, 0.2) is 0 Å². The number of hydrogen-bond donors (Lipinski definition) is 2. The van der Waals surface area contributed by atoms with Crippen molar-refractivity contribution in [2.45, 2.75) is 39.3 Å². The van der Waals surface area contributed by atoms with Crippen molar-refractivity contribution >= 4 is 11.9 Å². The van der Waals surface area contributed by atoms with E-state index in [-0.39, 0.29) is 19.1 Å². The van der Waals surface area contributed by atoms with Gasteiger partial charge in [-0.3, -0.25) is 9.59 Å². The first-order valence-electron chi connectivity index (χ1n) is 6.75. The van der Waals surface area contributed by atoms with Crippen molar-refractivity contribution in [2.75, 3.05) is 19.8 Å². The lowest BCUT2D eigenvalue weighted by Crippen LogP contribution is -2.52. The summed E-state index contributed by atoms with van der Waals surface area (Å²) in [6.07, 6.45) is 0.598. The zero-order chi connectivity index (χ0) is 14.6. The van der Waals surface area contributed by atoms with Crippen LogP contribution in [0.4, 0.5) is 0 Å². The van der Waals surface area contributed by atoms with E-state index in [0.717, 1.165) is 0 Å². The molecule has 1 fully saturated rings. The lowest BCUT2D eigenvalue weighted by molar-refractivity contribution is -0.145. The molecule has 0 spiro atoms. The summed E-state index contributed by atoms with van der Waals surface area (Å²) >= 11 is 0. The van der Waals surface area contributed by atoms with Crippen molar-refractivity contribution in [1.82, 2.24) is 4.90 Å². The maximum atomic E-state index is 12.3. The fourth-order valence-corrected chi connectivity index (χ4v) is 2.46. The summed E-state index contributed by atoms with van der Waals surface area (Å²) in [5.41, 5.74) is 5.90. The first-order valence-corrected chi connectivity index (χ1v) is 6.75. The summed E-state index contributed by atoms with van der Waals surface area (Å²) in [7, 11) is 0. The first-order chi connectivity index (χ1) is 8.88. The Bertz CT molecular complexity index is 333. The van der Waals surface area contributed by atoms with Crippen molar-refractivity contribution in [3.8, 4) is 0 Å². The van der Waals surface area contributed by atoms with Crippen LogP contribution < -0.4 is 5.73 Å². The minimum absolute atomic E-state index is 0.156. The quantitative estimate of drug-likeness (QED) is 0.726. The second-order valence-corrected chi connectivity index (χ2v) is 5.41. The van der Waals surface area contributed by atoms with Gasteiger partial charge in [-0.25, -0.2) is 0 Å². The number of carbonyl (C=O) groups is 2. The molecule has 2 unspecified atom stereocenters. The number of carboxylic acids is 1. The molecule has 0 aromatic heterocycles. The molecular formula is C13H24N2O4. The van der Waals surface area contributed by atoms with Gasteiger partial charge in [0.05, 0.1) is 25.3 Å². The van der Waals surface area contributed by atoms with Gasteiger partial charge in [-0.05, 0) is 19.3 Å². The van der Waals surface area contributed by atoms with E-state index in [9.17, 15) is 9.59 Å². The van der Waals surface area contributed by atoms with E-state index in [1.165, 1.54) is 0 Å². The van der Waals surface area contributed by atoms with E-state index >= 15 is 0 Å². The second-order valence-electron chi connectivity index (χ2n) is 5.41. The summed E-state index contributed by atoms with van der Waals surface area (Å²) in [6.45, 7) is 6.71. The van der Waals surface area contributed by atoms with E-state index in [4.69, 9.17) is 15.6 Å². The molecule has 0 radical (unpaired) electrons. The highest BCUT2D eigenvalue weighted by Crippen LogP contribution is 2.21. The number of likely N-dealkylation sites (N-methyl/N-ethyl adjacent to an activating group) is 1. The Morgan fingerprint density at radius 2 is 2.05 bits per heavy atom. The van der Waals surface area contributed by atoms with Crippen LogP contribution in [0.1, 0.15) is 27.2 Å². The molecule has 1 heterocycles. The van der Waals surface area contributed by atoms with Crippen LogP contribution in [0, 0.1) is 11.8 Å². The monoisotopic (exact) mass is 272 g/mol. The third-order valence-corrected chi connectivity index (χ3v) is 3.43. The number of carbonyl (C=O) groups excluding carboxylic acids is 1. The minimum Gasteiger partial charge on any atom is -0.481 e. The Hall–Kier alpha value is -1.14. The lowest BCUT2D eigenvalue weighted by Gasteiger charge is -2.31. The van der Waals surface area contributed by atoms with E-state index < -0.39 is 24.0 Å². The van der Waals surface area contributed by atoms with Crippen molar-refractivity contribution in [2.24, 2.45) is 17.6 Å². The number of amides is 1. The standard InChI is InChI=1S/C13H24N2O4/c1-4-15(12(16)10(14)5-8(2)3)11-7-19-6-9(11)13(17)18/h8-11H,4-7,14H2,1-3H3,(H,17,18)/t9?,10-,11?/m0/s1. The van der Waals surface area contributed by atoms with Gasteiger partial charge in [0.1, 0.15) is 5.92 Å². The number of nitrogens with zero attached hydrogens (tertiary/aromatic N) is 1. The van der Waals surface area contributed by atoms with Gasteiger partial charge in [0.25, 0.3) is 0 Å². The average molecular weight is 272 g/mol. The Morgan fingerprint density at radius 3 is 2.53 bits per heavy atom.